The van der Waals surface area contributed by atoms with Crippen molar-refractivity contribution in [3.63, 3.8) is 0 Å². The van der Waals surface area contributed by atoms with Crippen LogP contribution in [0.2, 0.25) is 0 Å². The number of unbranched alkanes of at least 4 members (excludes halogenated alkanes) is 1. The average molecular weight is 130 g/mol. The summed E-state index contributed by atoms with van der Waals surface area (Å²) < 4.78 is 0. The standard InChI is InChI=1S/C7H16NO/c1-3-4-5-7(6-9)8-2/h7-9H,2-6H2,1H3/t7-/m1/s1. The minimum absolute atomic E-state index is 0.198. The maximum absolute atomic E-state index is 8.65. The Balaban J connectivity index is 3.09. The highest BCUT2D eigenvalue weighted by Gasteiger charge is 2.00. The van der Waals surface area contributed by atoms with Gasteiger partial charge in [-0.05, 0) is 6.42 Å². The van der Waals surface area contributed by atoms with E-state index in [0.29, 0.717) is 0 Å². The Kier molecular flexibility index (Phi) is 5.99. The molecular formula is C7H16NO. The first-order chi connectivity index (χ1) is 4.35. The molecule has 0 aromatic heterocycles. The molecule has 0 unspecified atom stereocenters. The topological polar surface area (TPSA) is 32.3 Å². The van der Waals surface area contributed by atoms with Crippen LogP contribution in [-0.2, 0) is 0 Å². The highest BCUT2D eigenvalue weighted by molar-refractivity contribution is 4.63. The summed E-state index contributed by atoms with van der Waals surface area (Å²) in [7, 11) is 3.50. The second-order valence-corrected chi connectivity index (χ2v) is 2.23. The Hall–Kier alpha value is -0.0800. The third-order valence-corrected chi connectivity index (χ3v) is 1.42. The van der Waals surface area contributed by atoms with E-state index in [1.807, 2.05) is 0 Å². The quantitative estimate of drug-likeness (QED) is 0.580. The largest absolute Gasteiger partial charge is 0.395 e. The zero-order valence-corrected chi connectivity index (χ0v) is 6.06. The van der Waals surface area contributed by atoms with Crippen LogP contribution in [0.4, 0.5) is 0 Å². The fraction of sp³-hybridized carbons (Fsp3) is 0.857. The number of aliphatic hydroxyl groups is 1. The van der Waals surface area contributed by atoms with Crippen LogP contribution in [0, 0.1) is 7.05 Å². The van der Waals surface area contributed by atoms with Crippen LogP contribution in [0.5, 0.6) is 0 Å². The van der Waals surface area contributed by atoms with Gasteiger partial charge in [0, 0.05) is 13.1 Å². The van der Waals surface area contributed by atoms with Crippen LogP contribution < -0.4 is 5.32 Å². The van der Waals surface area contributed by atoms with Crippen molar-refractivity contribution in [1.82, 2.24) is 5.32 Å². The summed E-state index contributed by atoms with van der Waals surface area (Å²) in [6.07, 6.45) is 3.36. The smallest absolute Gasteiger partial charge is 0.0584 e. The summed E-state index contributed by atoms with van der Waals surface area (Å²) in [6.45, 7) is 2.33. The molecule has 1 atom stereocenters. The minimum atomic E-state index is 0.198. The summed E-state index contributed by atoms with van der Waals surface area (Å²) in [5.74, 6) is 0. The van der Waals surface area contributed by atoms with Crippen molar-refractivity contribution < 1.29 is 5.11 Å². The van der Waals surface area contributed by atoms with E-state index in [1.54, 1.807) is 0 Å². The van der Waals surface area contributed by atoms with Crippen LogP contribution in [-0.4, -0.2) is 17.8 Å². The molecule has 1 radical (unpaired) electrons. The maximum Gasteiger partial charge on any atom is 0.0584 e. The van der Waals surface area contributed by atoms with Crippen molar-refractivity contribution in [2.75, 3.05) is 6.61 Å². The molecule has 0 aromatic rings. The second-order valence-electron chi connectivity index (χ2n) is 2.23. The lowest BCUT2D eigenvalue weighted by Crippen LogP contribution is -2.26. The highest BCUT2D eigenvalue weighted by Crippen LogP contribution is 1.98. The second kappa shape index (κ2) is 6.05. The molecule has 0 aliphatic rings. The van der Waals surface area contributed by atoms with E-state index < -0.39 is 0 Å². The van der Waals surface area contributed by atoms with E-state index in [2.05, 4.69) is 19.3 Å². The number of hydrogen-bond acceptors (Lipinski definition) is 2. The van der Waals surface area contributed by atoms with Crippen LogP contribution >= 0.6 is 0 Å². The number of hydrogen-bond donors (Lipinski definition) is 2. The van der Waals surface area contributed by atoms with Gasteiger partial charge in [-0.1, -0.05) is 19.8 Å². The van der Waals surface area contributed by atoms with Crippen molar-refractivity contribution in [3.8, 4) is 0 Å². The predicted molar refractivity (Wildman–Crippen MR) is 38.9 cm³/mol. The molecule has 2 N–H and O–H groups in total. The monoisotopic (exact) mass is 130 g/mol. The molecule has 0 fully saturated rings. The fourth-order valence-electron chi connectivity index (χ4n) is 0.708. The molecule has 0 heterocycles. The molecule has 0 spiro atoms. The van der Waals surface area contributed by atoms with Gasteiger partial charge in [0.05, 0.1) is 6.61 Å². The van der Waals surface area contributed by atoms with Crippen LogP contribution in [0.3, 0.4) is 0 Å². The summed E-state index contributed by atoms with van der Waals surface area (Å²) >= 11 is 0. The van der Waals surface area contributed by atoms with Crippen LogP contribution in [0.25, 0.3) is 0 Å². The van der Waals surface area contributed by atoms with E-state index >= 15 is 0 Å². The van der Waals surface area contributed by atoms with Crippen molar-refractivity contribution in [2.24, 2.45) is 0 Å². The Morgan fingerprint density at radius 1 is 1.67 bits per heavy atom. The third-order valence-electron chi connectivity index (χ3n) is 1.42. The molecule has 2 heteroatoms. The van der Waals surface area contributed by atoms with Crippen molar-refractivity contribution >= 4 is 0 Å². The van der Waals surface area contributed by atoms with E-state index in [-0.39, 0.29) is 12.6 Å². The summed E-state index contributed by atoms with van der Waals surface area (Å²) in [5.41, 5.74) is 0. The van der Waals surface area contributed by atoms with E-state index in [9.17, 15) is 0 Å². The number of rotatable bonds is 5. The van der Waals surface area contributed by atoms with Gasteiger partial charge in [-0.2, -0.15) is 0 Å². The third kappa shape index (κ3) is 4.43. The summed E-state index contributed by atoms with van der Waals surface area (Å²) in [6, 6.07) is 0.199. The highest BCUT2D eigenvalue weighted by atomic mass is 16.3. The van der Waals surface area contributed by atoms with E-state index in [1.165, 1.54) is 6.42 Å². The van der Waals surface area contributed by atoms with Gasteiger partial charge in [-0.25, -0.2) is 0 Å². The lowest BCUT2D eigenvalue weighted by atomic mass is 10.1. The van der Waals surface area contributed by atoms with Gasteiger partial charge in [-0.3, -0.25) is 0 Å². The Morgan fingerprint density at radius 2 is 2.33 bits per heavy atom. The van der Waals surface area contributed by atoms with E-state index in [0.717, 1.165) is 12.8 Å². The number of nitrogens with one attached hydrogen (secondary N) is 1. The predicted octanol–water partition coefficient (Wildman–Crippen LogP) is 0.919. The summed E-state index contributed by atoms with van der Waals surface area (Å²) in [4.78, 5) is 0. The molecule has 55 valence electrons. The van der Waals surface area contributed by atoms with Crippen molar-refractivity contribution in [1.29, 1.82) is 0 Å². The molecule has 0 aliphatic carbocycles. The number of aliphatic hydroxyl groups excluding tert-OH is 1. The van der Waals surface area contributed by atoms with Gasteiger partial charge in [0.2, 0.25) is 0 Å². The maximum atomic E-state index is 8.65. The van der Waals surface area contributed by atoms with Gasteiger partial charge >= 0.3 is 0 Å². The normalized spacial score (nSPS) is 13.7. The zero-order chi connectivity index (χ0) is 7.11. The molecule has 0 amide bonds. The SMILES string of the molecule is [CH2]N[C@@H](CO)CCCC. The molecule has 9 heavy (non-hydrogen) atoms. The Morgan fingerprint density at radius 3 is 2.67 bits per heavy atom. The first-order valence-electron chi connectivity index (χ1n) is 3.48. The van der Waals surface area contributed by atoms with Gasteiger partial charge in [-0.15, -0.1) is 0 Å². The first-order valence-corrected chi connectivity index (χ1v) is 3.48. The molecule has 0 aromatic carbocycles. The Bertz CT molecular complexity index is 52.9. The average Bonchev–Trinajstić information content (AvgIpc) is 1.91. The van der Waals surface area contributed by atoms with Gasteiger partial charge < -0.3 is 10.4 Å². The molecule has 2 nitrogen and oxygen atoms in total. The lowest BCUT2D eigenvalue weighted by molar-refractivity contribution is 0.243. The molecule has 0 rings (SSSR count). The minimum Gasteiger partial charge on any atom is -0.395 e. The lowest BCUT2D eigenvalue weighted by Gasteiger charge is -2.10. The fourth-order valence-corrected chi connectivity index (χ4v) is 0.708. The van der Waals surface area contributed by atoms with Crippen LogP contribution in [0.1, 0.15) is 26.2 Å². The van der Waals surface area contributed by atoms with Gasteiger partial charge in [0.25, 0.3) is 0 Å². The summed E-state index contributed by atoms with van der Waals surface area (Å²) in [5, 5.41) is 11.4. The molecule has 0 saturated heterocycles. The van der Waals surface area contributed by atoms with Crippen molar-refractivity contribution in [2.45, 2.75) is 32.2 Å². The van der Waals surface area contributed by atoms with Crippen LogP contribution in [0.15, 0.2) is 0 Å². The van der Waals surface area contributed by atoms with Crippen molar-refractivity contribution in [3.05, 3.63) is 7.05 Å². The zero-order valence-electron chi connectivity index (χ0n) is 6.06. The molecular weight excluding hydrogens is 114 g/mol. The first kappa shape index (κ1) is 8.92. The van der Waals surface area contributed by atoms with E-state index in [4.69, 9.17) is 5.11 Å². The van der Waals surface area contributed by atoms with Gasteiger partial charge in [0.15, 0.2) is 0 Å². The Labute approximate surface area is 57.3 Å². The molecule has 0 bridgehead atoms. The molecule has 0 aliphatic heterocycles. The van der Waals surface area contributed by atoms with Gasteiger partial charge in [0.1, 0.15) is 0 Å². The molecule has 0 saturated carbocycles.